The second kappa shape index (κ2) is 4.77. The maximum absolute atomic E-state index is 9.67. The van der Waals surface area contributed by atoms with Gasteiger partial charge in [-0.3, -0.25) is 0 Å². The first-order chi connectivity index (χ1) is 7.65. The Hall–Kier alpha value is -1.18. The van der Waals surface area contributed by atoms with Crippen LogP contribution in [0.1, 0.15) is 11.1 Å². The summed E-state index contributed by atoms with van der Waals surface area (Å²) in [5.41, 5.74) is 1.85. The number of halogens is 2. The number of hydrogen-bond acceptors (Lipinski definition) is 1. The molecule has 0 fully saturated rings. The standard InChI is InChI=1S/C13H10Cl2O/c14-11-3-1-2-9(7-11)6-10-8-12(15)4-5-13(10)16/h1-5,7-8,16H,6H2. The van der Waals surface area contributed by atoms with Crippen molar-refractivity contribution in [1.82, 2.24) is 0 Å². The fourth-order valence-electron chi connectivity index (χ4n) is 1.56. The van der Waals surface area contributed by atoms with Gasteiger partial charge >= 0.3 is 0 Å². The Kier molecular flexibility index (Phi) is 3.37. The van der Waals surface area contributed by atoms with Crippen molar-refractivity contribution in [2.24, 2.45) is 0 Å². The van der Waals surface area contributed by atoms with Crippen molar-refractivity contribution >= 4 is 23.2 Å². The summed E-state index contributed by atoms with van der Waals surface area (Å²) in [6.07, 6.45) is 0.618. The van der Waals surface area contributed by atoms with Crippen LogP contribution in [-0.4, -0.2) is 5.11 Å². The Morgan fingerprint density at radius 1 is 0.938 bits per heavy atom. The van der Waals surface area contributed by atoms with Gasteiger partial charge in [-0.2, -0.15) is 0 Å². The minimum Gasteiger partial charge on any atom is -0.508 e. The molecule has 0 spiro atoms. The highest BCUT2D eigenvalue weighted by atomic mass is 35.5. The summed E-state index contributed by atoms with van der Waals surface area (Å²) < 4.78 is 0. The van der Waals surface area contributed by atoms with Gasteiger partial charge in [0.15, 0.2) is 0 Å². The predicted octanol–water partition coefficient (Wildman–Crippen LogP) is 4.29. The van der Waals surface area contributed by atoms with Crippen LogP contribution >= 0.6 is 23.2 Å². The molecular formula is C13H10Cl2O. The van der Waals surface area contributed by atoms with Crippen LogP contribution in [0.5, 0.6) is 5.75 Å². The highest BCUT2D eigenvalue weighted by molar-refractivity contribution is 6.31. The van der Waals surface area contributed by atoms with Gasteiger partial charge in [-0.15, -0.1) is 0 Å². The molecule has 2 aromatic rings. The smallest absolute Gasteiger partial charge is 0.119 e. The van der Waals surface area contributed by atoms with Crippen molar-refractivity contribution in [3.8, 4) is 5.75 Å². The van der Waals surface area contributed by atoms with Crippen LogP contribution in [0.25, 0.3) is 0 Å². The average molecular weight is 253 g/mol. The van der Waals surface area contributed by atoms with E-state index in [-0.39, 0.29) is 5.75 Å². The largest absolute Gasteiger partial charge is 0.508 e. The molecule has 0 aliphatic heterocycles. The molecule has 0 aliphatic rings. The maximum Gasteiger partial charge on any atom is 0.119 e. The maximum atomic E-state index is 9.67. The Labute approximate surface area is 104 Å². The molecule has 0 saturated carbocycles. The van der Waals surface area contributed by atoms with Crippen LogP contribution in [0.4, 0.5) is 0 Å². The van der Waals surface area contributed by atoms with E-state index >= 15 is 0 Å². The predicted molar refractivity (Wildman–Crippen MR) is 67.4 cm³/mol. The molecular weight excluding hydrogens is 243 g/mol. The third kappa shape index (κ3) is 2.69. The SMILES string of the molecule is Oc1ccc(Cl)cc1Cc1cccc(Cl)c1. The molecule has 2 aromatic carbocycles. The van der Waals surface area contributed by atoms with Crippen LogP contribution in [0.15, 0.2) is 42.5 Å². The monoisotopic (exact) mass is 252 g/mol. The zero-order valence-electron chi connectivity index (χ0n) is 8.45. The minimum atomic E-state index is 0.254. The molecule has 82 valence electrons. The fraction of sp³-hybridized carbons (Fsp3) is 0.0769. The van der Waals surface area contributed by atoms with Gasteiger partial charge in [-0.05, 0) is 41.5 Å². The van der Waals surface area contributed by atoms with Gasteiger partial charge in [-0.1, -0.05) is 35.3 Å². The Bertz CT molecular complexity index is 509. The van der Waals surface area contributed by atoms with Crippen LogP contribution < -0.4 is 0 Å². The van der Waals surface area contributed by atoms with E-state index in [2.05, 4.69) is 0 Å². The summed E-state index contributed by atoms with van der Waals surface area (Å²) in [5.74, 6) is 0.254. The molecule has 0 amide bonds. The van der Waals surface area contributed by atoms with E-state index in [4.69, 9.17) is 23.2 Å². The molecule has 3 heteroatoms. The van der Waals surface area contributed by atoms with E-state index in [0.717, 1.165) is 11.1 Å². The molecule has 0 bridgehead atoms. The van der Waals surface area contributed by atoms with E-state index in [1.54, 1.807) is 18.2 Å². The first-order valence-corrected chi connectivity index (χ1v) is 5.62. The third-order valence-corrected chi connectivity index (χ3v) is 2.80. The van der Waals surface area contributed by atoms with Crippen molar-refractivity contribution < 1.29 is 5.11 Å². The number of hydrogen-bond donors (Lipinski definition) is 1. The molecule has 2 rings (SSSR count). The zero-order chi connectivity index (χ0) is 11.5. The van der Waals surface area contributed by atoms with Gasteiger partial charge in [0.25, 0.3) is 0 Å². The van der Waals surface area contributed by atoms with E-state index in [1.807, 2.05) is 24.3 Å². The van der Waals surface area contributed by atoms with Crippen molar-refractivity contribution in [2.45, 2.75) is 6.42 Å². The van der Waals surface area contributed by atoms with Crippen molar-refractivity contribution in [3.63, 3.8) is 0 Å². The third-order valence-electron chi connectivity index (χ3n) is 2.33. The molecule has 0 atom stereocenters. The van der Waals surface area contributed by atoms with Gasteiger partial charge in [0.1, 0.15) is 5.75 Å². The summed E-state index contributed by atoms with van der Waals surface area (Å²) in [4.78, 5) is 0. The van der Waals surface area contributed by atoms with Gasteiger partial charge in [0.05, 0.1) is 0 Å². The van der Waals surface area contributed by atoms with Crippen molar-refractivity contribution in [1.29, 1.82) is 0 Å². The second-order valence-corrected chi connectivity index (χ2v) is 4.45. The highest BCUT2D eigenvalue weighted by Crippen LogP contribution is 2.24. The number of aromatic hydroxyl groups is 1. The lowest BCUT2D eigenvalue weighted by molar-refractivity contribution is 0.469. The van der Waals surface area contributed by atoms with Gasteiger partial charge in [-0.25, -0.2) is 0 Å². The summed E-state index contributed by atoms with van der Waals surface area (Å²) >= 11 is 11.8. The Balaban J connectivity index is 2.30. The normalized spacial score (nSPS) is 10.4. The van der Waals surface area contributed by atoms with Crippen LogP contribution in [0, 0.1) is 0 Å². The van der Waals surface area contributed by atoms with Gasteiger partial charge < -0.3 is 5.11 Å². The van der Waals surface area contributed by atoms with Crippen LogP contribution in [0.2, 0.25) is 10.0 Å². The number of phenols is 1. The molecule has 0 saturated heterocycles. The van der Waals surface area contributed by atoms with E-state index in [0.29, 0.717) is 16.5 Å². The van der Waals surface area contributed by atoms with E-state index in [9.17, 15) is 5.11 Å². The summed E-state index contributed by atoms with van der Waals surface area (Å²) in [7, 11) is 0. The lowest BCUT2D eigenvalue weighted by Gasteiger charge is -2.05. The van der Waals surface area contributed by atoms with Gasteiger partial charge in [0.2, 0.25) is 0 Å². The highest BCUT2D eigenvalue weighted by Gasteiger charge is 2.03. The lowest BCUT2D eigenvalue weighted by atomic mass is 10.0. The van der Waals surface area contributed by atoms with E-state index in [1.165, 1.54) is 0 Å². The molecule has 16 heavy (non-hydrogen) atoms. The molecule has 0 radical (unpaired) electrons. The second-order valence-electron chi connectivity index (χ2n) is 3.58. The quantitative estimate of drug-likeness (QED) is 0.846. The number of phenolic OH excluding ortho intramolecular Hbond substituents is 1. The molecule has 0 aromatic heterocycles. The fourth-order valence-corrected chi connectivity index (χ4v) is 1.97. The van der Waals surface area contributed by atoms with Crippen LogP contribution in [-0.2, 0) is 6.42 Å². The molecule has 0 unspecified atom stereocenters. The Morgan fingerprint density at radius 2 is 1.69 bits per heavy atom. The summed E-state index contributed by atoms with van der Waals surface area (Å²) in [5, 5.41) is 11.0. The first-order valence-electron chi connectivity index (χ1n) is 4.87. The number of benzene rings is 2. The molecule has 0 heterocycles. The topological polar surface area (TPSA) is 20.2 Å². The molecule has 0 aliphatic carbocycles. The first kappa shape index (κ1) is 11.3. The van der Waals surface area contributed by atoms with Gasteiger partial charge in [0, 0.05) is 16.5 Å². The summed E-state index contributed by atoms with van der Waals surface area (Å²) in [6, 6.07) is 12.6. The summed E-state index contributed by atoms with van der Waals surface area (Å²) in [6.45, 7) is 0. The molecule has 1 N–H and O–H groups in total. The minimum absolute atomic E-state index is 0.254. The lowest BCUT2D eigenvalue weighted by Crippen LogP contribution is -1.88. The van der Waals surface area contributed by atoms with Crippen molar-refractivity contribution in [2.75, 3.05) is 0 Å². The van der Waals surface area contributed by atoms with Crippen molar-refractivity contribution in [3.05, 3.63) is 63.6 Å². The molecule has 1 nitrogen and oxygen atoms in total. The van der Waals surface area contributed by atoms with Crippen LogP contribution in [0.3, 0.4) is 0 Å². The van der Waals surface area contributed by atoms with E-state index < -0.39 is 0 Å². The number of rotatable bonds is 2. The Morgan fingerprint density at radius 3 is 2.44 bits per heavy atom. The average Bonchev–Trinajstić information content (AvgIpc) is 2.24. The zero-order valence-corrected chi connectivity index (χ0v) is 9.96.